The van der Waals surface area contributed by atoms with E-state index in [2.05, 4.69) is 10.4 Å². The summed E-state index contributed by atoms with van der Waals surface area (Å²) in [5.41, 5.74) is 3.07. The minimum Gasteiger partial charge on any atom is -0.311 e. The number of anilines is 1. The van der Waals surface area contributed by atoms with Crippen molar-refractivity contribution in [2.75, 3.05) is 5.32 Å². The highest BCUT2D eigenvalue weighted by Gasteiger charge is 2.31. The van der Waals surface area contributed by atoms with Crippen molar-refractivity contribution in [1.82, 2.24) is 9.78 Å². The molecule has 0 saturated carbocycles. The van der Waals surface area contributed by atoms with Crippen LogP contribution in [0, 0.1) is 19.7 Å². The second-order valence-corrected chi connectivity index (χ2v) is 5.48. The molecule has 1 atom stereocenters. The summed E-state index contributed by atoms with van der Waals surface area (Å²) < 4.78 is 15.9. The lowest BCUT2D eigenvalue weighted by atomic mass is 9.84. The molecule has 5 heteroatoms. The second kappa shape index (κ2) is 4.98. The van der Waals surface area contributed by atoms with E-state index in [1.165, 1.54) is 0 Å². The summed E-state index contributed by atoms with van der Waals surface area (Å²) in [6.07, 6.45) is 2.10. The summed E-state index contributed by atoms with van der Waals surface area (Å²) in [5, 5.41) is 7.18. The van der Waals surface area contributed by atoms with Crippen LogP contribution in [0.15, 0.2) is 18.3 Å². The Morgan fingerprint density at radius 3 is 2.86 bits per heavy atom. The van der Waals surface area contributed by atoms with Crippen LogP contribution in [-0.2, 0) is 11.3 Å². The molecular weight excluding hydrogens is 269 g/mol. The van der Waals surface area contributed by atoms with Crippen molar-refractivity contribution in [1.29, 1.82) is 0 Å². The Bertz CT molecular complexity index is 721. The van der Waals surface area contributed by atoms with Gasteiger partial charge in [-0.25, -0.2) is 9.07 Å². The van der Waals surface area contributed by atoms with Gasteiger partial charge in [-0.15, -0.1) is 0 Å². The number of benzene rings is 1. The average Bonchev–Trinajstić information content (AvgIpc) is 2.87. The molecule has 0 unspecified atom stereocenters. The molecule has 0 saturated heterocycles. The fourth-order valence-electron chi connectivity index (χ4n) is 3.00. The van der Waals surface area contributed by atoms with Crippen molar-refractivity contribution in [3.63, 3.8) is 0 Å². The number of halogens is 1. The lowest BCUT2D eigenvalue weighted by molar-refractivity contribution is -0.116. The third-order valence-corrected chi connectivity index (χ3v) is 4.19. The van der Waals surface area contributed by atoms with Gasteiger partial charge in [0.1, 0.15) is 11.6 Å². The van der Waals surface area contributed by atoms with Crippen molar-refractivity contribution >= 4 is 11.7 Å². The van der Waals surface area contributed by atoms with Crippen LogP contribution >= 0.6 is 0 Å². The van der Waals surface area contributed by atoms with Gasteiger partial charge in [-0.05, 0) is 37.5 Å². The normalized spacial score (nSPS) is 17.5. The van der Waals surface area contributed by atoms with E-state index in [-0.39, 0.29) is 17.6 Å². The molecule has 1 aromatic heterocycles. The van der Waals surface area contributed by atoms with Crippen LogP contribution in [0.25, 0.3) is 0 Å². The van der Waals surface area contributed by atoms with Gasteiger partial charge in [0.05, 0.1) is 6.20 Å². The Kier molecular flexibility index (Phi) is 3.27. The molecule has 0 fully saturated rings. The summed E-state index contributed by atoms with van der Waals surface area (Å²) >= 11 is 0. The molecule has 1 aliphatic heterocycles. The van der Waals surface area contributed by atoms with Gasteiger partial charge >= 0.3 is 0 Å². The van der Waals surface area contributed by atoms with Crippen LogP contribution in [-0.4, -0.2) is 15.7 Å². The molecule has 0 radical (unpaired) electrons. The van der Waals surface area contributed by atoms with Crippen LogP contribution in [0.2, 0.25) is 0 Å². The number of rotatable bonds is 2. The van der Waals surface area contributed by atoms with Crippen molar-refractivity contribution < 1.29 is 9.18 Å². The predicted molar refractivity (Wildman–Crippen MR) is 78.9 cm³/mol. The third kappa shape index (κ3) is 2.13. The Balaban J connectivity index is 2.14. The number of hydrogen-bond donors (Lipinski definition) is 1. The minimum absolute atomic E-state index is 0.0527. The van der Waals surface area contributed by atoms with E-state index in [1.807, 2.05) is 13.0 Å². The number of aromatic nitrogens is 2. The monoisotopic (exact) mass is 287 g/mol. The molecule has 0 aliphatic carbocycles. The Labute approximate surface area is 123 Å². The molecule has 110 valence electrons. The fraction of sp³-hybridized carbons (Fsp3) is 0.375. The summed E-state index contributed by atoms with van der Waals surface area (Å²) in [5.74, 6) is 0.356. The lowest BCUT2D eigenvalue weighted by Crippen LogP contribution is -2.25. The summed E-state index contributed by atoms with van der Waals surface area (Å²) in [7, 11) is 0. The van der Waals surface area contributed by atoms with Gasteiger partial charge in [0, 0.05) is 24.4 Å². The zero-order valence-electron chi connectivity index (χ0n) is 12.4. The third-order valence-electron chi connectivity index (χ3n) is 4.19. The molecule has 1 aromatic carbocycles. The van der Waals surface area contributed by atoms with Gasteiger partial charge in [-0.3, -0.25) is 4.79 Å². The van der Waals surface area contributed by atoms with Crippen molar-refractivity contribution in [2.24, 2.45) is 0 Å². The second-order valence-electron chi connectivity index (χ2n) is 5.48. The number of aryl methyl sites for hydroxylation is 2. The van der Waals surface area contributed by atoms with Crippen LogP contribution in [0.4, 0.5) is 10.2 Å². The number of fused-ring (bicyclic) bond motifs is 1. The predicted octanol–water partition coefficient (Wildman–Crippen LogP) is 3.13. The first-order valence-corrected chi connectivity index (χ1v) is 7.14. The molecule has 2 heterocycles. The molecule has 2 aromatic rings. The van der Waals surface area contributed by atoms with E-state index in [4.69, 9.17) is 0 Å². The van der Waals surface area contributed by atoms with Crippen LogP contribution in [0.5, 0.6) is 0 Å². The van der Waals surface area contributed by atoms with E-state index < -0.39 is 0 Å². The van der Waals surface area contributed by atoms with Gasteiger partial charge in [0.2, 0.25) is 5.91 Å². The molecule has 21 heavy (non-hydrogen) atoms. The molecule has 1 N–H and O–H groups in total. The van der Waals surface area contributed by atoms with Gasteiger partial charge in [0.25, 0.3) is 0 Å². The van der Waals surface area contributed by atoms with Crippen molar-refractivity contribution in [3.8, 4) is 0 Å². The van der Waals surface area contributed by atoms with E-state index in [1.54, 1.807) is 30.8 Å². The van der Waals surface area contributed by atoms with E-state index >= 15 is 0 Å². The molecular formula is C16H18FN3O. The van der Waals surface area contributed by atoms with Gasteiger partial charge in [-0.1, -0.05) is 12.1 Å². The molecule has 0 bridgehead atoms. The zero-order valence-corrected chi connectivity index (χ0v) is 12.4. The van der Waals surface area contributed by atoms with Crippen molar-refractivity contribution in [2.45, 2.75) is 39.7 Å². The average molecular weight is 287 g/mol. The van der Waals surface area contributed by atoms with E-state index in [0.717, 1.165) is 16.9 Å². The number of amides is 1. The smallest absolute Gasteiger partial charge is 0.226 e. The summed E-state index contributed by atoms with van der Waals surface area (Å²) in [6, 6.07) is 3.69. The lowest BCUT2D eigenvalue weighted by Gasteiger charge is -2.25. The standard InChI is InChI=1S/C16H18FN3O/c1-4-20-16-13(8-18-20)12(7-14(21)19-16)11-6-5-9(2)15(17)10(11)3/h5-6,8,12H,4,7H2,1-3H3,(H,19,21)/t12-/m1/s1. The number of nitrogens with zero attached hydrogens (tertiary/aromatic N) is 2. The highest BCUT2D eigenvalue weighted by molar-refractivity contribution is 5.94. The highest BCUT2D eigenvalue weighted by atomic mass is 19.1. The summed E-state index contributed by atoms with van der Waals surface area (Å²) in [4.78, 5) is 12.0. The topological polar surface area (TPSA) is 46.9 Å². The number of carbonyl (C=O) groups excluding carboxylic acids is 1. The molecule has 4 nitrogen and oxygen atoms in total. The number of carbonyl (C=O) groups is 1. The minimum atomic E-state index is -0.192. The van der Waals surface area contributed by atoms with Crippen molar-refractivity contribution in [3.05, 3.63) is 46.4 Å². The first-order valence-electron chi connectivity index (χ1n) is 7.14. The van der Waals surface area contributed by atoms with E-state index in [9.17, 15) is 9.18 Å². The largest absolute Gasteiger partial charge is 0.311 e. The Hall–Kier alpha value is -2.17. The van der Waals surface area contributed by atoms with Crippen LogP contribution in [0.3, 0.4) is 0 Å². The molecule has 0 spiro atoms. The quantitative estimate of drug-likeness (QED) is 0.922. The first-order chi connectivity index (χ1) is 10.0. The maximum absolute atomic E-state index is 14.2. The number of hydrogen-bond acceptors (Lipinski definition) is 2. The van der Waals surface area contributed by atoms with Gasteiger partial charge in [-0.2, -0.15) is 5.10 Å². The SMILES string of the molecule is CCn1ncc2c1NC(=O)C[C@@H]2c1ccc(C)c(F)c1C. The maximum Gasteiger partial charge on any atom is 0.226 e. The Morgan fingerprint density at radius 1 is 1.38 bits per heavy atom. The van der Waals surface area contributed by atoms with Crippen LogP contribution in [0.1, 0.15) is 41.5 Å². The Morgan fingerprint density at radius 2 is 2.14 bits per heavy atom. The fourth-order valence-corrected chi connectivity index (χ4v) is 3.00. The zero-order chi connectivity index (χ0) is 15.1. The van der Waals surface area contributed by atoms with Crippen LogP contribution < -0.4 is 5.32 Å². The highest BCUT2D eigenvalue weighted by Crippen LogP contribution is 2.39. The molecule has 1 amide bonds. The maximum atomic E-state index is 14.2. The molecule has 1 aliphatic rings. The number of nitrogens with one attached hydrogen (secondary N) is 1. The summed E-state index contributed by atoms with van der Waals surface area (Å²) in [6.45, 7) is 6.18. The molecule has 3 rings (SSSR count). The first kappa shape index (κ1) is 13.8. The van der Waals surface area contributed by atoms with E-state index in [0.29, 0.717) is 24.1 Å². The van der Waals surface area contributed by atoms with Gasteiger partial charge < -0.3 is 5.32 Å². The van der Waals surface area contributed by atoms with Gasteiger partial charge in [0.15, 0.2) is 0 Å².